The van der Waals surface area contributed by atoms with Gasteiger partial charge in [-0.1, -0.05) is 30.3 Å². The first-order valence-corrected chi connectivity index (χ1v) is 5.08. The molecule has 1 unspecified atom stereocenters. The molecule has 0 saturated carbocycles. The fourth-order valence-electron chi connectivity index (χ4n) is 1.42. The van der Waals surface area contributed by atoms with E-state index in [0.29, 0.717) is 6.54 Å². The Bertz CT molecular complexity index is 311. The molecule has 0 spiro atoms. The highest BCUT2D eigenvalue weighted by Crippen LogP contribution is 2.02. The summed E-state index contributed by atoms with van der Waals surface area (Å²) in [5.74, 6) is 0.0370. The third-order valence-corrected chi connectivity index (χ3v) is 2.33. The van der Waals surface area contributed by atoms with E-state index >= 15 is 0 Å². The van der Waals surface area contributed by atoms with Gasteiger partial charge in [0.15, 0.2) is 0 Å². The monoisotopic (exact) mass is 206 g/mol. The molecular weight excluding hydrogens is 188 g/mol. The van der Waals surface area contributed by atoms with Crippen LogP contribution in [0.3, 0.4) is 0 Å². The first-order chi connectivity index (χ1) is 7.09. The third kappa shape index (κ3) is 4.23. The van der Waals surface area contributed by atoms with Crippen molar-refractivity contribution in [3.8, 4) is 0 Å². The normalized spacial score (nSPS) is 12.8. The molecule has 2 N–H and O–H groups in total. The molecule has 0 aliphatic heterocycles. The summed E-state index contributed by atoms with van der Waals surface area (Å²) in [5.41, 5.74) is 6.91. The zero-order valence-electron chi connectivity index (χ0n) is 9.31. The van der Waals surface area contributed by atoms with Gasteiger partial charge in [0.05, 0.1) is 6.04 Å². The summed E-state index contributed by atoms with van der Waals surface area (Å²) >= 11 is 0. The number of benzene rings is 1. The van der Waals surface area contributed by atoms with Gasteiger partial charge in [-0.15, -0.1) is 0 Å². The minimum Gasteiger partial charge on any atom is -0.320 e. The molecule has 0 fully saturated rings. The number of hydrogen-bond donors (Lipinski definition) is 1. The topological polar surface area (TPSA) is 46.3 Å². The van der Waals surface area contributed by atoms with E-state index in [0.717, 1.165) is 6.54 Å². The Kier molecular flexibility index (Phi) is 4.46. The van der Waals surface area contributed by atoms with Crippen molar-refractivity contribution in [2.75, 3.05) is 13.6 Å². The Morgan fingerprint density at radius 1 is 1.40 bits per heavy atom. The Morgan fingerprint density at radius 3 is 2.53 bits per heavy atom. The second-order valence-electron chi connectivity index (χ2n) is 3.90. The summed E-state index contributed by atoms with van der Waals surface area (Å²) in [4.78, 5) is 13.0. The van der Waals surface area contributed by atoms with Gasteiger partial charge in [0.1, 0.15) is 5.78 Å². The van der Waals surface area contributed by atoms with Crippen molar-refractivity contribution in [1.29, 1.82) is 0 Å². The van der Waals surface area contributed by atoms with Gasteiger partial charge in [0.2, 0.25) is 0 Å². The molecule has 0 radical (unpaired) electrons. The number of rotatable bonds is 5. The van der Waals surface area contributed by atoms with Crippen molar-refractivity contribution in [2.45, 2.75) is 19.5 Å². The van der Waals surface area contributed by atoms with E-state index in [1.807, 2.05) is 25.2 Å². The van der Waals surface area contributed by atoms with Crippen molar-refractivity contribution in [2.24, 2.45) is 5.73 Å². The zero-order valence-corrected chi connectivity index (χ0v) is 9.31. The number of nitrogens with zero attached hydrogens (tertiary/aromatic N) is 1. The molecule has 3 heteroatoms. The molecule has 0 amide bonds. The van der Waals surface area contributed by atoms with Crippen LogP contribution in [0.25, 0.3) is 0 Å². The van der Waals surface area contributed by atoms with Gasteiger partial charge in [0, 0.05) is 13.1 Å². The van der Waals surface area contributed by atoms with Gasteiger partial charge < -0.3 is 10.6 Å². The average Bonchev–Trinajstić information content (AvgIpc) is 2.18. The van der Waals surface area contributed by atoms with Gasteiger partial charge in [-0.3, -0.25) is 4.79 Å². The van der Waals surface area contributed by atoms with Gasteiger partial charge >= 0.3 is 0 Å². The number of hydrogen-bond acceptors (Lipinski definition) is 3. The number of likely N-dealkylation sites (N-methyl/N-ethyl adjacent to an activating group) is 1. The lowest BCUT2D eigenvalue weighted by molar-refractivity contribution is -0.118. The van der Waals surface area contributed by atoms with Crippen molar-refractivity contribution in [3.05, 3.63) is 35.9 Å². The number of ketones is 1. The summed E-state index contributed by atoms with van der Waals surface area (Å²) < 4.78 is 0. The summed E-state index contributed by atoms with van der Waals surface area (Å²) in [6.45, 7) is 2.95. The third-order valence-electron chi connectivity index (χ3n) is 2.33. The highest BCUT2D eigenvalue weighted by molar-refractivity contribution is 5.81. The molecule has 1 atom stereocenters. The fraction of sp³-hybridized carbons (Fsp3) is 0.417. The van der Waals surface area contributed by atoms with E-state index in [1.54, 1.807) is 0 Å². The predicted molar refractivity (Wildman–Crippen MR) is 61.4 cm³/mol. The van der Waals surface area contributed by atoms with E-state index in [4.69, 9.17) is 5.73 Å². The lowest BCUT2D eigenvalue weighted by atomic mass is 10.2. The fourth-order valence-corrected chi connectivity index (χ4v) is 1.42. The maximum atomic E-state index is 11.0. The van der Waals surface area contributed by atoms with Crippen LogP contribution in [0.1, 0.15) is 12.5 Å². The van der Waals surface area contributed by atoms with Crippen LogP contribution >= 0.6 is 0 Å². The number of carbonyl (C=O) groups excluding carboxylic acids is 1. The summed E-state index contributed by atoms with van der Waals surface area (Å²) in [6, 6.07) is 9.76. The summed E-state index contributed by atoms with van der Waals surface area (Å²) in [7, 11) is 1.97. The maximum absolute atomic E-state index is 11.0. The highest BCUT2D eigenvalue weighted by Gasteiger charge is 2.10. The number of nitrogens with two attached hydrogens (primary N) is 1. The van der Waals surface area contributed by atoms with Crippen LogP contribution < -0.4 is 5.73 Å². The van der Waals surface area contributed by atoms with Crippen molar-refractivity contribution in [1.82, 2.24) is 4.90 Å². The smallest absolute Gasteiger partial charge is 0.147 e. The highest BCUT2D eigenvalue weighted by atomic mass is 16.1. The average molecular weight is 206 g/mol. The summed E-state index contributed by atoms with van der Waals surface area (Å²) in [6.07, 6.45) is 0. The molecule has 3 nitrogen and oxygen atoms in total. The van der Waals surface area contributed by atoms with Crippen LogP contribution in [-0.2, 0) is 11.3 Å². The Labute approximate surface area is 90.9 Å². The van der Waals surface area contributed by atoms with Crippen molar-refractivity contribution in [3.63, 3.8) is 0 Å². The van der Waals surface area contributed by atoms with Gasteiger partial charge in [-0.25, -0.2) is 0 Å². The molecule has 0 bridgehead atoms. The first kappa shape index (κ1) is 11.9. The summed E-state index contributed by atoms with van der Waals surface area (Å²) in [5, 5.41) is 0. The molecule has 82 valence electrons. The molecule has 0 aromatic heterocycles. The molecule has 0 aliphatic rings. The molecule has 0 aliphatic carbocycles. The SMILES string of the molecule is CC(=O)C(N)CN(C)Cc1ccccc1. The van der Waals surface area contributed by atoms with E-state index in [-0.39, 0.29) is 11.8 Å². The van der Waals surface area contributed by atoms with E-state index in [1.165, 1.54) is 12.5 Å². The van der Waals surface area contributed by atoms with Crippen molar-refractivity contribution < 1.29 is 4.79 Å². The van der Waals surface area contributed by atoms with Crippen LogP contribution in [0.4, 0.5) is 0 Å². The van der Waals surface area contributed by atoms with Gasteiger partial charge in [-0.2, -0.15) is 0 Å². The lowest BCUT2D eigenvalue weighted by Gasteiger charge is -2.19. The molecule has 1 rings (SSSR count). The zero-order chi connectivity index (χ0) is 11.3. The molecule has 0 heterocycles. The molecule has 0 saturated heterocycles. The first-order valence-electron chi connectivity index (χ1n) is 5.08. The second-order valence-corrected chi connectivity index (χ2v) is 3.90. The number of Topliss-reactive ketones (excluding diaryl/α,β-unsaturated/α-hetero) is 1. The molecule has 1 aromatic carbocycles. The van der Waals surface area contributed by atoms with Crippen LogP contribution in [0.5, 0.6) is 0 Å². The van der Waals surface area contributed by atoms with Crippen molar-refractivity contribution >= 4 is 5.78 Å². The molecule has 1 aromatic rings. The predicted octanol–water partition coefficient (Wildman–Crippen LogP) is 1.03. The van der Waals surface area contributed by atoms with E-state index in [2.05, 4.69) is 17.0 Å². The molecule has 15 heavy (non-hydrogen) atoms. The minimum absolute atomic E-state index is 0.0370. The Balaban J connectivity index is 2.43. The van der Waals surface area contributed by atoms with E-state index < -0.39 is 0 Å². The van der Waals surface area contributed by atoms with Gasteiger partial charge in [-0.05, 0) is 19.5 Å². The second kappa shape index (κ2) is 5.63. The lowest BCUT2D eigenvalue weighted by Crippen LogP contribution is -2.39. The number of carbonyl (C=O) groups is 1. The largest absolute Gasteiger partial charge is 0.320 e. The van der Waals surface area contributed by atoms with E-state index in [9.17, 15) is 4.79 Å². The van der Waals surface area contributed by atoms with Crippen LogP contribution in [0.2, 0.25) is 0 Å². The Morgan fingerprint density at radius 2 is 2.00 bits per heavy atom. The quantitative estimate of drug-likeness (QED) is 0.783. The van der Waals surface area contributed by atoms with Crippen LogP contribution in [-0.4, -0.2) is 30.3 Å². The standard InChI is InChI=1S/C12H18N2O/c1-10(15)12(13)9-14(2)8-11-6-4-3-5-7-11/h3-7,12H,8-9,13H2,1-2H3. The van der Waals surface area contributed by atoms with Crippen LogP contribution in [0.15, 0.2) is 30.3 Å². The van der Waals surface area contributed by atoms with Gasteiger partial charge in [0.25, 0.3) is 0 Å². The molecular formula is C12H18N2O. The van der Waals surface area contributed by atoms with Crippen LogP contribution in [0, 0.1) is 0 Å². The Hall–Kier alpha value is -1.19. The maximum Gasteiger partial charge on any atom is 0.147 e. The minimum atomic E-state index is -0.376.